The average Bonchev–Trinajstić information content (AvgIpc) is 3.15. The van der Waals surface area contributed by atoms with Crippen LogP contribution in [0.1, 0.15) is 31.7 Å². The Morgan fingerprint density at radius 2 is 2.03 bits per heavy atom. The van der Waals surface area contributed by atoms with Gasteiger partial charge in [0.15, 0.2) is 16.8 Å². The second-order valence-electron chi connectivity index (χ2n) is 7.27. The van der Waals surface area contributed by atoms with Crippen LogP contribution in [0.3, 0.4) is 0 Å². The Bertz CT molecular complexity index is 982. The highest BCUT2D eigenvalue weighted by Crippen LogP contribution is 2.26. The number of hydrogen-bond acceptors (Lipinski definition) is 5. The largest absolute Gasteiger partial charge is 0.351 e. The Morgan fingerprint density at radius 1 is 1.28 bits per heavy atom. The van der Waals surface area contributed by atoms with Crippen LogP contribution in [-0.2, 0) is 0 Å². The van der Waals surface area contributed by atoms with Crippen LogP contribution >= 0.6 is 11.3 Å². The van der Waals surface area contributed by atoms with Crippen LogP contribution in [0.4, 0.5) is 20.1 Å². The quantitative estimate of drug-likeness (QED) is 0.674. The minimum atomic E-state index is -0.296. The lowest BCUT2D eigenvalue weighted by molar-refractivity contribution is 0.208. The van der Waals surface area contributed by atoms with Crippen LogP contribution in [0, 0.1) is 5.82 Å². The topological polar surface area (TPSA) is 61.4 Å². The van der Waals surface area contributed by atoms with Crippen molar-refractivity contribution in [2.45, 2.75) is 26.2 Å². The molecule has 1 saturated heterocycles. The molecule has 1 atom stereocenters. The fourth-order valence-electron chi connectivity index (χ4n) is 3.40. The summed E-state index contributed by atoms with van der Waals surface area (Å²) in [5.74, 6) is 0.354. The lowest BCUT2D eigenvalue weighted by Gasteiger charge is -2.35. The molecule has 3 aromatic rings. The number of thiazole rings is 1. The summed E-state index contributed by atoms with van der Waals surface area (Å²) in [5.41, 5.74) is 1.79. The number of carbonyl (C=O) groups is 1. The fraction of sp³-hybridized carbons (Fsp3) is 0.381. The van der Waals surface area contributed by atoms with E-state index in [1.165, 1.54) is 11.3 Å². The number of pyridine rings is 1. The number of nitrogens with one attached hydrogen (secondary N) is 1. The number of amides is 2. The number of nitrogens with zero attached hydrogens (tertiary/aromatic N) is 4. The molecule has 1 aliphatic heterocycles. The predicted octanol–water partition coefficient (Wildman–Crippen LogP) is 4.70. The van der Waals surface area contributed by atoms with Crippen molar-refractivity contribution in [3.8, 4) is 0 Å². The Labute approximate surface area is 173 Å². The summed E-state index contributed by atoms with van der Waals surface area (Å²) in [6.07, 6.45) is 2.71. The van der Waals surface area contributed by atoms with Gasteiger partial charge in [0.1, 0.15) is 0 Å². The van der Waals surface area contributed by atoms with Gasteiger partial charge in [-0.25, -0.2) is 19.2 Å². The molecule has 8 heteroatoms. The number of rotatable bonds is 4. The molecule has 6 nitrogen and oxygen atoms in total. The predicted molar refractivity (Wildman–Crippen MR) is 115 cm³/mol. The molecule has 1 aromatic carbocycles. The first kappa shape index (κ1) is 19.6. The Balaban J connectivity index is 1.37. The van der Waals surface area contributed by atoms with Crippen molar-refractivity contribution in [2.75, 3.05) is 36.4 Å². The highest BCUT2D eigenvalue weighted by molar-refractivity contribution is 7.22. The number of halogens is 1. The maximum atomic E-state index is 14.6. The van der Waals surface area contributed by atoms with Gasteiger partial charge < -0.3 is 9.80 Å². The van der Waals surface area contributed by atoms with E-state index in [0.29, 0.717) is 37.1 Å². The third-order valence-corrected chi connectivity index (χ3v) is 6.35. The summed E-state index contributed by atoms with van der Waals surface area (Å²) in [5, 5.41) is 3.47. The molecular formula is C21H24FN5OS. The van der Waals surface area contributed by atoms with Gasteiger partial charge >= 0.3 is 6.03 Å². The van der Waals surface area contributed by atoms with Crippen molar-refractivity contribution in [2.24, 2.45) is 0 Å². The van der Waals surface area contributed by atoms with E-state index in [2.05, 4.69) is 29.1 Å². The van der Waals surface area contributed by atoms with Gasteiger partial charge in [0.2, 0.25) is 0 Å². The van der Waals surface area contributed by atoms with E-state index in [0.717, 1.165) is 22.2 Å². The van der Waals surface area contributed by atoms with Gasteiger partial charge in [-0.3, -0.25) is 5.32 Å². The van der Waals surface area contributed by atoms with E-state index in [4.69, 9.17) is 0 Å². The van der Waals surface area contributed by atoms with Gasteiger partial charge in [-0.2, -0.15) is 0 Å². The van der Waals surface area contributed by atoms with Gasteiger partial charge in [-0.1, -0.05) is 37.3 Å². The third kappa shape index (κ3) is 4.17. The van der Waals surface area contributed by atoms with E-state index in [9.17, 15) is 9.18 Å². The van der Waals surface area contributed by atoms with Gasteiger partial charge in [0, 0.05) is 32.4 Å². The number of anilines is 2. The molecule has 0 bridgehead atoms. The molecule has 2 aromatic heterocycles. The van der Waals surface area contributed by atoms with Crippen LogP contribution < -0.4 is 10.2 Å². The molecule has 0 radical (unpaired) electrons. The van der Waals surface area contributed by atoms with Gasteiger partial charge in [0.05, 0.1) is 10.2 Å². The van der Waals surface area contributed by atoms with E-state index in [1.54, 1.807) is 17.2 Å². The summed E-state index contributed by atoms with van der Waals surface area (Å²) in [7, 11) is 0. The second kappa shape index (κ2) is 8.32. The van der Waals surface area contributed by atoms with E-state index >= 15 is 0 Å². The fourth-order valence-corrected chi connectivity index (χ4v) is 4.26. The van der Waals surface area contributed by atoms with Crippen molar-refractivity contribution in [1.29, 1.82) is 0 Å². The van der Waals surface area contributed by atoms with E-state index < -0.39 is 0 Å². The molecule has 152 valence electrons. The zero-order valence-electron chi connectivity index (χ0n) is 16.6. The second-order valence-corrected chi connectivity index (χ2v) is 8.31. The smallest absolute Gasteiger partial charge is 0.323 e. The molecule has 3 heterocycles. The Morgan fingerprint density at radius 3 is 2.72 bits per heavy atom. The molecule has 1 aliphatic rings. The number of fused-ring (bicyclic) bond motifs is 1. The van der Waals surface area contributed by atoms with Gasteiger partial charge in [-0.05, 0) is 36.1 Å². The summed E-state index contributed by atoms with van der Waals surface area (Å²) in [6.45, 7) is 6.24. The first-order valence-corrected chi connectivity index (χ1v) is 10.7. The molecule has 29 heavy (non-hydrogen) atoms. The number of urea groups is 1. The number of benzene rings is 1. The van der Waals surface area contributed by atoms with Crippen LogP contribution in [0.15, 0.2) is 36.5 Å². The molecule has 0 spiro atoms. The standard InChI is InChI=1S/C21H24FN5OS/c1-3-14(2)15-12-16(22)19(23-13-15)26-8-10-27(11-9-26)21(28)25-20-24-17-6-4-5-7-18(17)29-20/h4-7,12-14H,3,8-11H2,1-2H3,(H,24,25,28). The molecular weight excluding hydrogens is 389 g/mol. The summed E-state index contributed by atoms with van der Waals surface area (Å²) < 4.78 is 15.6. The zero-order valence-corrected chi connectivity index (χ0v) is 17.4. The first-order chi connectivity index (χ1) is 14.0. The van der Waals surface area contributed by atoms with Crippen molar-refractivity contribution in [1.82, 2.24) is 14.9 Å². The van der Waals surface area contributed by atoms with Crippen molar-refractivity contribution in [3.63, 3.8) is 0 Å². The maximum absolute atomic E-state index is 14.6. The number of carbonyl (C=O) groups excluding carboxylic acids is 1. The lowest BCUT2D eigenvalue weighted by Crippen LogP contribution is -2.50. The molecule has 1 N–H and O–H groups in total. The maximum Gasteiger partial charge on any atom is 0.323 e. The number of hydrogen-bond donors (Lipinski definition) is 1. The molecule has 2 amide bonds. The van der Waals surface area contributed by atoms with Crippen LogP contribution in [0.5, 0.6) is 0 Å². The first-order valence-electron chi connectivity index (χ1n) is 9.87. The Hall–Kier alpha value is -2.74. The minimum Gasteiger partial charge on any atom is -0.351 e. The van der Waals surface area contributed by atoms with Crippen molar-refractivity contribution in [3.05, 3.63) is 47.9 Å². The molecule has 0 aliphatic carbocycles. The number of piperazine rings is 1. The van der Waals surface area contributed by atoms with E-state index in [-0.39, 0.29) is 17.8 Å². The van der Waals surface area contributed by atoms with Crippen molar-refractivity contribution < 1.29 is 9.18 Å². The molecule has 0 saturated carbocycles. The highest BCUT2D eigenvalue weighted by atomic mass is 32.1. The summed E-state index contributed by atoms with van der Waals surface area (Å²) in [4.78, 5) is 25.0. The third-order valence-electron chi connectivity index (χ3n) is 5.40. The van der Waals surface area contributed by atoms with Crippen LogP contribution in [0.25, 0.3) is 10.2 Å². The van der Waals surface area contributed by atoms with Crippen LogP contribution in [0.2, 0.25) is 0 Å². The summed E-state index contributed by atoms with van der Waals surface area (Å²) >= 11 is 1.45. The minimum absolute atomic E-state index is 0.177. The van der Waals surface area contributed by atoms with Crippen molar-refractivity contribution >= 4 is 38.5 Å². The monoisotopic (exact) mass is 413 g/mol. The van der Waals surface area contributed by atoms with Gasteiger partial charge in [0.25, 0.3) is 0 Å². The normalized spacial score (nSPS) is 15.6. The van der Waals surface area contributed by atoms with Crippen LogP contribution in [-0.4, -0.2) is 47.1 Å². The average molecular weight is 414 g/mol. The zero-order chi connectivity index (χ0) is 20.4. The molecule has 1 fully saturated rings. The summed E-state index contributed by atoms with van der Waals surface area (Å²) in [6, 6.07) is 9.19. The van der Waals surface area contributed by atoms with Gasteiger partial charge in [-0.15, -0.1) is 0 Å². The highest BCUT2D eigenvalue weighted by Gasteiger charge is 2.24. The lowest BCUT2D eigenvalue weighted by atomic mass is 10.0. The number of para-hydroxylation sites is 1. The molecule has 1 unspecified atom stereocenters. The number of aromatic nitrogens is 2. The molecule has 4 rings (SSSR count). The van der Waals surface area contributed by atoms with E-state index in [1.807, 2.05) is 29.2 Å². The Kier molecular flexibility index (Phi) is 5.62. The SMILES string of the molecule is CCC(C)c1cnc(N2CCN(C(=O)Nc3nc4ccccc4s3)CC2)c(F)c1.